The number of hydrogen-bond acceptors (Lipinski definition) is 4. The van der Waals surface area contributed by atoms with Gasteiger partial charge >= 0.3 is 0 Å². The highest BCUT2D eigenvalue weighted by Crippen LogP contribution is 2.28. The van der Waals surface area contributed by atoms with E-state index in [2.05, 4.69) is 22.0 Å². The SMILES string of the molecule is CC(C)Oc1ccccc1C=c1sc2n(c1=O)C(c1ccc(Br)cc1)C=C(c1ccccc1)N=2. The van der Waals surface area contributed by atoms with Crippen LogP contribution in [0.15, 0.2) is 99.2 Å². The van der Waals surface area contributed by atoms with Gasteiger partial charge < -0.3 is 4.74 Å². The van der Waals surface area contributed by atoms with Gasteiger partial charge in [-0.05, 0) is 55.3 Å². The molecular weight excluding hydrogens is 508 g/mol. The Morgan fingerprint density at radius 2 is 1.71 bits per heavy atom. The van der Waals surface area contributed by atoms with Gasteiger partial charge in [-0.15, -0.1) is 0 Å². The molecule has 170 valence electrons. The molecule has 0 N–H and O–H groups in total. The van der Waals surface area contributed by atoms with Gasteiger partial charge in [0, 0.05) is 10.0 Å². The normalized spacial score (nSPS) is 15.6. The van der Waals surface area contributed by atoms with Crippen molar-refractivity contribution in [3.63, 3.8) is 0 Å². The van der Waals surface area contributed by atoms with E-state index in [4.69, 9.17) is 9.73 Å². The van der Waals surface area contributed by atoms with Crippen LogP contribution in [0.4, 0.5) is 0 Å². The summed E-state index contributed by atoms with van der Waals surface area (Å²) in [5, 5.41) is 0. The van der Waals surface area contributed by atoms with Crippen LogP contribution >= 0.6 is 27.3 Å². The van der Waals surface area contributed by atoms with Crippen molar-refractivity contribution in [3.05, 3.63) is 126 Å². The van der Waals surface area contributed by atoms with Gasteiger partial charge in [0.05, 0.1) is 22.4 Å². The summed E-state index contributed by atoms with van der Waals surface area (Å²) >= 11 is 4.92. The van der Waals surface area contributed by atoms with Crippen LogP contribution in [0.3, 0.4) is 0 Å². The Hall–Kier alpha value is -3.22. The van der Waals surface area contributed by atoms with E-state index in [0.717, 1.165) is 32.6 Å². The van der Waals surface area contributed by atoms with Crippen molar-refractivity contribution in [1.82, 2.24) is 4.57 Å². The lowest BCUT2D eigenvalue weighted by Crippen LogP contribution is -2.36. The summed E-state index contributed by atoms with van der Waals surface area (Å²) in [6.07, 6.45) is 4.02. The number of benzene rings is 3. The lowest BCUT2D eigenvalue weighted by Gasteiger charge is -2.19. The van der Waals surface area contributed by atoms with E-state index in [1.54, 1.807) is 4.57 Å². The predicted molar refractivity (Wildman–Crippen MR) is 142 cm³/mol. The van der Waals surface area contributed by atoms with Crippen LogP contribution in [-0.2, 0) is 0 Å². The molecular formula is C28H23BrN2O2S. The first-order chi connectivity index (χ1) is 16.5. The molecule has 0 radical (unpaired) electrons. The molecule has 0 bridgehead atoms. The van der Waals surface area contributed by atoms with Crippen molar-refractivity contribution in [1.29, 1.82) is 0 Å². The van der Waals surface area contributed by atoms with Gasteiger partial charge in [-0.25, -0.2) is 4.99 Å². The van der Waals surface area contributed by atoms with E-state index >= 15 is 0 Å². The molecule has 2 heterocycles. The zero-order valence-corrected chi connectivity index (χ0v) is 21.2. The number of fused-ring (bicyclic) bond motifs is 1. The minimum absolute atomic E-state index is 0.0432. The molecule has 5 rings (SSSR count). The first kappa shape index (κ1) is 22.6. The van der Waals surface area contributed by atoms with Gasteiger partial charge in [-0.1, -0.05) is 87.9 Å². The summed E-state index contributed by atoms with van der Waals surface area (Å²) in [4.78, 5) is 19.2. The summed E-state index contributed by atoms with van der Waals surface area (Å²) in [6, 6.07) is 25.7. The highest BCUT2D eigenvalue weighted by Gasteiger charge is 2.22. The molecule has 0 saturated heterocycles. The van der Waals surface area contributed by atoms with Gasteiger partial charge in [0.15, 0.2) is 4.80 Å². The van der Waals surface area contributed by atoms with E-state index in [1.807, 2.05) is 98.8 Å². The average molecular weight is 531 g/mol. The quantitative estimate of drug-likeness (QED) is 0.339. The number of allylic oxidation sites excluding steroid dienone is 1. The maximum absolute atomic E-state index is 13.6. The predicted octanol–water partition coefficient (Wildman–Crippen LogP) is 5.55. The molecule has 1 aromatic heterocycles. The van der Waals surface area contributed by atoms with Gasteiger partial charge in [-0.3, -0.25) is 9.36 Å². The number of rotatable bonds is 5. The molecule has 0 spiro atoms. The van der Waals surface area contributed by atoms with Crippen LogP contribution in [0, 0.1) is 0 Å². The fourth-order valence-electron chi connectivity index (χ4n) is 3.95. The van der Waals surface area contributed by atoms with E-state index in [9.17, 15) is 4.79 Å². The minimum atomic E-state index is -0.246. The monoisotopic (exact) mass is 530 g/mol. The Labute approximate surface area is 210 Å². The van der Waals surface area contributed by atoms with Crippen LogP contribution in [0.25, 0.3) is 11.8 Å². The van der Waals surface area contributed by atoms with Crippen molar-refractivity contribution < 1.29 is 4.74 Å². The number of thiazole rings is 1. The molecule has 1 aliphatic rings. The summed E-state index contributed by atoms with van der Waals surface area (Å²) in [7, 11) is 0. The summed E-state index contributed by atoms with van der Waals surface area (Å²) in [6.45, 7) is 3.99. The smallest absolute Gasteiger partial charge is 0.271 e. The molecule has 1 unspecified atom stereocenters. The minimum Gasteiger partial charge on any atom is -0.490 e. The van der Waals surface area contributed by atoms with Crippen molar-refractivity contribution in [3.8, 4) is 5.75 Å². The van der Waals surface area contributed by atoms with Crippen LogP contribution in [0.1, 0.15) is 36.6 Å². The number of hydrogen-bond donors (Lipinski definition) is 0. The summed E-state index contributed by atoms with van der Waals surface area (Å²) < 4.78 is 9.38. The topological polar surface area (TPSA) is 43.6 Å². The zero-order chi connectivity index (χ0) is 23.7. The Balaban J connectivity index is 1.71. The van der Waals surface area contributed by atoms with Crippen molar-refractivity contribution in [2.45, 2.75) is 26.0 Å². The molecule has 4 nitrogen and oxygen atoms in total. The fraction of sp³-hybridized carbons (Fsp3) is 0.143. The molecule has 34 heavy (non-hydrogen) atoms. The highest BCUT2D eigenvalue weighted by atomic mass is 79.9. The lowest BCUT2D eigenvalue weighted by molar-refractivity contribution is 0.242. The van der Waals surface area contributed by atoms with Crippen molar-refractivity contribution >= 4 is 39.0 Å². The molecule has 4 aromatic rings. The number of aromatic nitrogens is 1. The van der Waals surface area contributed by atoms with E-state index < -0.39 is 0 Å². The number of halogens is 1. The second-order valence-electron chi connectivity index (χ2n) is 8.30. The molecule has 1 aliphatic heterocycles. The van der Waals surface area contributed by atoms with E-state index in [0.29, 0.717) is 9.33 Å². The average Bonchev–Trinajstić information content (AvgIpc) is 3.15. The van der Waals surface area contributed by atoms with Crippen LogP contribution in [-0.4, -0.2) is 10.7 Å². The van der Waals surface area contributed by atoms with Crippen molar-refractivity contribution in [2.24, 2.45) is 4.99 Å². The second kappa shape index (κ2) is 9.57. The third-order valence-corrected chi connectivity index (χ3v) is 7.01. The van der Waals surface area contributed by atoms with Gasteiger partial charge in [0.25, 0.3) is 5.56 Å². The van der Waals surface area contributed by atoms with E-state index in [-0.39, 0.29) is 17.7 Å². The number of para-hydroxylation sites is 1. The Morgan fingerprint density at radius 3 is 2.44 bits per heavy atom. The number of nitrogens with zero attached hydrogens (tertiary/aromatic N) is 2. The third kappa shape index (κ3) is 4.56. The summed E-state index contributed by atoms with van der Waals surface area (Å²) in [5.41, 5.74) is 3.74. The van der Waals surface area contributed by atoms with E-state index in [1.165, 1.54) is 11.3 Å². The number of ether oxygens (including phenoxy) is 1. The first-order valence-corrected chi connectivity index (χ1v) is 12.7. The zero-order valence-electron chi connectivity index (χ0n) is 18.8. The van der Waals surface area contributed by atoms with Gasteiger partial charge in [-0.2, -0.15) is 0 Å². The highest BCUT2D eigenvalue weighted by molar-refractivity contribution is 9.10. The van der Waals surface area contributed by atoms with Gasteiger partial charge in [0.2, 0.25) is 0 Å². The lowest BCUT2D eigenvalue weighted by atomic mass is 10.0. The third-order valence-electron chi connectivity index (χ3n) is 5.50. The molecule has 3 aromatic carbocycles. The first-order valence-electron chi connectivity index (χ1n) is 11.1. The van der Waals surface area contributed by atoms with Crippen molar-refractivity contribution in [2.75, 3.05) is 0 Å². The second-order valence-corrected chi connectivity index (χ2v) is 10.2. The maximum atomic E-state index is 13.6. The van der Waals surface area contributed by atoms with Crippen LogP contribution in [0.5, 0.6) is 5.75 Å². The Morgan fingerprint density at radius 1 is 1.00 bits per heavy atom. The largest absolute Gasteiger partial charge is 0.490 e. The van der Waals surface area contributed by atoms with Gasteiger partial charge in [0.1, 0.15) is 5.75 Å². The molecule has 0 fully saturated rings. The van der Waals surface area contributed by atoms with Crippen LogP contribution < -0.4 is 19.6 Å². The molecule has 1 atom stereocenters. The Kier molecular flexibility index (Phi) is 6.35. The Bertz CT molecular complexity index is 1530. The van der Waals surface area contributed by atoms with Crippen LogP contribution in [0.2, 0.25) is 0 Å². The fourth-order valence-corrected chi connectivity index (χ4v) is 5.22. The molecule has 0 saturated carbocycles. The molecule has 0 amide bonds. The maximum Gasteiger partial charge on any atom is 0.271 e. The molecule has 0 aliphatic carbocycles. The standard InChI is InChI=1S/C28H23BrN2O2S/c1-18(2)33-25-11-7-6-10-21(25)16-26-27(32)31-24(20-12-14-22(29)15-13-20)17-23(30-28(31)34-26)19-8-4-3-5-9-19/h3-18,24H,1-2H3. The summed E-state index contributed by atoms with van der Waals surface area (Å²) in [5.74, 6) is 0.762. The molecule has 6 heteroatoms.